The fourth-order valence-corrected chi connectivity index (χ4v) is 2.47. The molecule has 5 nitrogen and oxygen atoms in total. The first kappa shape index (κ1) is 14.7. The maximum Gasteiger partial charge on any atom is 0.240 e. The van der Waals surface area contributed by atoms with E-state index in [1.807, 2.05) is 0 Å². The van der Waals surface area contributed by atoms with Gasteiger partial charge in [-0.05, 0) is 12.1 Å². The molecule has 0 heterocycles. The number of benzene rings is 1. The Labute approximate surface area is 108 Å². The third kappa shape index (κ3) is 4.12. The van der Waals surface area contributed by atoms with Crippen LogP contribution in [-0.4, -0.2) is 39.4 Å². The van der Waals surface area contributed by atoms with Gasteiger partial charge in [-0.1, -0.05) is 25.1 Å². The van der Waals surface area contributed by atoms with E-state index in [-0.39, 0.29) is 17.3 Å². The van der Waals surface area contributed by atoms with Crippen LogP contribution in [0.4, 0.5) is 0 Å². The lowest BCUT2D eigenvalue weighted by Crippen LogP contribution is -2.35. The molecular weight excluding hydrogens is 252 g/mol. The third-order valence-corrected chi connectivity index (χ3v) is 4.00. The van der Waals surface area contributed by atoms with Crippen molar-refractivity contribution in [2.24, 2.45) is 0 Å². The quantitative estimate of drug-likeness (QED) is 0.832. The highest BCUT2D eigenvalue weighted by molar-refractivity contribution is 7.89. The van der Waals surface area contributed by atoms with Gasteiger partial charge in [0.2, 0.25) is 15.9 Å². The van der Waals surface area contributed by atoms with Crippen LogP contribution in [-0.2, 0) is 14.8 Å². The summed E-state index contributed by atoms with van der Waals surface area (Å²) in [5.74, 6) is -0.00564. The van der Waals surface area contributed by atoms with Gasteiger partial charge in [0.05, 0.1) is 4.90 Å². The largest absolute Gasteiger partial charge is 0.344 e. The molecule has 0 aliphatic carbocycles. The lowest BCUT2D eigenvalue weighted by molar-refractivity contribution is -0.129. The van der Waals surface area contributed by atoms with Gasteiger partial charge in [0.15, 0.2) is 0 Å². The van der Waals surface area contributed by atoms with Crippen molar-refractivity contribution >= 4 is 15.9 Å². The number of nitrogens with one attached hydrogen (secondary N) is 1. The van der Waals surface area contributed by atoms with Crippen molar-refractivity contribution in [1.29, 1.82) is 0 Å². The Bertz CT molecular complexity index is 485. The zero-order chi connectivity index (χ0) is 13.6. The second-order valence-electron chi connectivity index (χ2n) is 3.88. The molecule has 0 radical (unpaired) electrons. The molecule has 0 saturated carbocycles. The molecule has 0 atom stereocenters. The van der Waals surface area contributed by atoms with Gasteiger partial charge < -0.3 is 4.90 Å². The number of carbonyl (C=O) groups excluding carboxylic acids is 1. The van der Waals surface area contributed by atoms with E-state index in [4.69, 9.17) is 0 Å². The number of hydrogen-bond donors (Lipinski definition) is 1. The lowest BCUT2D eigenvalue weighted by Gasteiger charge is -2.16. The Morgan fingerprint density at radius 3 is 2.44 bits per heavy atom. The summed E-state index contributed by atoms with van der Waals surface area (Å²) in [6.07, 6.45) is 0.419. The van der Waals surface area contributed by atoms with Crippen LogP contribution >= 0.6 is 0 Å². The molecule has 100 valence electrons. The van der Waals surface area contributed by atoms with Crippen LogP contribution in [0.5, 0.6) is 0 Å². The first-order valence-corrected chi connectivity index (χ1v) is 7.24. The fraction of sp³-hybridized carbons (Fsp3) is 0.417. The molecule has 0 spiro atoms. The topological polar surface area (TPSA) is 66.5 Å². The van der Waals surface area contributed by atoms with Gasteiger partial charge in [-0.25, -0.2) is 13.1 Å². The van der Waals surface area contributed by atoms with Crippen molar-refractivity contribution < 1.29 is 13.2 Å². The minimum absolute atomic E-state index is 0.00564. The van der Waals surface area contributed by atoms with Crippen LogP contribution in [0, 0.1) is 0 Å². The van der Waals surface area contributed by atoms with Crippen molar-refractivity contribution in [3.05, 3.63) is 30.3 Å². The summed E-state index contributed by atoms with van der Waals surface area (Å²) < 4.78 is 26.1. The van der Waals surface area contributed by atoms with E-state index in [9.17, 15) is 13.2 Å². The molecule has 1 amide bonds. The van der Waals surface area contributed by atoms with Crippen molar-refractivity contribution in [3.8, 4) is 0 Å². The fourth-order valence-electron chi connectivity index (χ4n) is 1.43. The summed E-state index contributed by atoms with van der Waals surface area (Å²) in [6, 6.07) is 8.15. The van der Waals surface area contributed by atoms with Crippen LogP contribution in [0.1, 0.15) is 13.3 Å². The standard InChI is InChI=1S/C12H18N2O3S/c1-3-12(15)14(2)10-9-13-18(16,17)11-7-5-4-6-8-11/h4-8,13H,3,9-10H2,1-2H3. The number of rotatable bonds is 6. The second-order valence-corrected chi connectivity index (χ2v) is 5.65. The van der Waals surface area contributed by atoms with E-state index >= 15 is 0 Å². The Balaban J connectivity index is 2.51. The van der Waals surface area contributed by atoms with Gasteiger partial charge >= 0.3 is 0 Å². The van der Waals surface area contributed by atoms with Gasteiger partial charge in [-0.15, -0.1) is 0 Å². The summed E-state index contributed by atoms with van der Waals surface area (Å²) in [5, 5.41) is 0. The Hall–Kier alpha value is -1.40. The molecule has 0 bridgehead atoms. The van der Waals surface area contributed by atoms with E-state index in [1.54, 1.807) is 32.2 Å². The highest BCUT2D eigenvalue weighted by Crippen LogP contribution is 2.06. The number of sulfonamides is 1. The molecule has 0 aromatic heterocycles. The van der Waals surface area contributed by atoms with Gasteiger partial charge in [0, 0.05) is 26.6 Å². The van der Waals surface area contributed by atoms with Gasteiger partial charge in [0.1, 0.15) is 0 Å². The molecule has 0 unspecified atom stereocenters. The normalized spacial score (nSPS) is 11.2. The van der Waals surface area contributed by atoms with Crippen molar-refractivity contribution in [2.45, 2.75) is 18.2 Å². The zero-order valence-electron chi connectivity index (χ0n) is 10.6. The lowest BCUT2D eigenvalue weighted by atomic mass is 10.4. The predicted octanol–water partition coefficient (Wildman–Crippen LogP) is 0.833. The van der Waals surface area contributed by atoms with Crippen LogP contribution < -0.4 is 4.72 Å². The highest BCUT2D eigenvalue weighted by Gasteiger charge is 2.13. The summed E-state index contributed by atoms with van der Waals surface area (Å²) in [6.45, 7) is 2.34. The second kappa shape index (κ2) is 6.51. The minimum Gasteiger partial charge on any atom is -0.344 e. The van der Waals surface area contributed by atoms with E-state index in [0.29, 0.717) is 13.0 Å². The van der Waals surface area contributed by atoms with Gasteiger partial charge in [0.25, 0.3) is 0 Å². The average molecular weight is 270 g/mol. The Morgan fingerprint density at radius 2 is 1.89 bits per heavy atom. The van der Waals surface area contributed by atoms with Gasteiger partial charge in [-0.2, -0.15) is 0 Å². The molecule has 1 aromatic carbocycles. The molecule has 1 rings (SSSR count). The summed E-state index contributed by atoms with van der Waals surface area (Å²) >= 11 is 0. The first-order chi connectivity index (χ1) is 8.47. The maximum absolute atomic E-state index is 11.8. The zero-order valence-corrected chi connectivity index (χ0v) is 11.4. The molecule has 1 N–H and O–H groups in total. The van der Waals surface area contributed by atoms with E-state index in [2.05, 4.69) is 4.72 Å². The smallest absolute Gasteiger partial charge is 0.240 e. The molecule has 0 aliphatic rings. The van der Waals surface area contributed by atoms with Crippen molar-refractivity contribution in [3.63, 3.8) is 0 Å². The van der Waals surface area contributed by atoms with E-state index in [1.165, 1.54) is 17.0 Å². The molecule has 6 heteroatoms. The Morgan fingerprint density at radius 1 is 1.28 bits per heavy atom. The number of likely N-dealkylation sites (N-methyl/N-ethyl adjacent to an activating group) is 1. The summed E-state index contributed by atoms with van der Waals surface area (Å²) in [7, 11) is -1.82. The molecule has 1 aromatic rings. The maximum atomic E-state index is 11.8. The Kier molecular flexibility index (Phi) is 5.30. The average Bonchev–Trinajstić information content (AvgIpc) is 2.38. The molecule has 18 heavy (non-hydrogen) atoms. The van der Waals surface area contributed by atoms with Gasteiger partial charge in [-0.3, -0.25) is 4.79 Å². The van der Waals surface area contributed by atoms with E-state index < -0.39 is 10.0 Å². The molecule has 0 fully saturated rings. The highest BCUT2D eigenvalue weighted by atomic mass is 32.2. The van der Waals surface area contributed by atoms with Crippen LogP contribution in [0.25, 0.3) is 0 Å². The monoisotopic (exact) mass is 270 g/mol. The minimum atomic E-state index is -3.48. The van der Waals surface area contributed by atoms with Crippen molar-refractivity contribution in [2.75, 3.05) is 20.1 Å². The number of nitrogens with zero attached hydrogens (tertiary/aromatic N) is 1. The van der Waals surface area contributed by atoms with Crippen LogP contribution in [0.15, 0.2) is 35.2 Å². The van der Waals surface area contributed by atoms with Crippen molar-refractivity contribution in [1.82, 2.24) is 9.62 Å². The predicted molar refractivity (Wildman–Crippen MR) is 69.6 cm³/mol. The van der Waals surface area contributed by atoms with E-state index in [0.717, 1.165) is 0 Å². The SMILES string of the molecule is CCC(=O)N(C)CCNS(=O)(=O)c1ccccc1. The van der Waals surface area contributed by atoms with Crippen LogP contribution in [0.3, 0.4) is 0 Å². The third-order valence-electron chi connectivity index (χ3n) is 2.52. The summed E-state index contributed by atoms with van der Waals surface area (Å²) in [5.41, 5.74) is 0. The number of carbonyl (C=O) groups is 1. The number of hydrogen-bond acceptors (Lipinski definition) is 3. The molecule has 0 aliphatic heterocycles. The van der Waals surface area contributed by atoms with Crippen LogP contribution in [0.2, 0.25) is 0 Å². The molecule has 0 saturated heterocycles. The summed E-state index contributed by atoms with van der Waals surface area (Å²) in [4.78, 5) is 13.0. The molecular formula is C12H18N2O3S. The first-order valence-electron chi connectivity index (χ1n) is 5.76. The number of amides is 1.